The number of benzene rings is 2. The molecule has 0 saturated heterocycles. The zero-order chi connectivity index (χ0) is 19.7. The van der Waals surface area contributed by atoms with Crippen LogP contribution < -0.4 is 14.4 Å². The van der Waals surface area contributed by atoms with E-state index >= 15 is 0 Å². The molecule has 2 aromatic carbocycles. The number of amidine groups is 1. The third-order valence-electron chi connectivity index (χ3n) is 5.72. The van der Waals surface area contributed by atoms with Crippen molar-refractivity contribution < 1.29 is 23.5 Å². The van der Waals surface area contributed by atoms with Crippen molar-refractivity contribution in [2.75, 3.05) is 32.2 Å². The monoisotopic (exact) mass is 385 g/mol. The Kier molecular flexibility index (Phi) is 4.98. The fourth-order valence-corrected chi connectivity index (χ4v) is 4.25. The van der Waals surface area contributed by atoms with Crippen LogP contribution in [0, 0.1) is 5.82 Å². The van der Waals surface area contributed by atoms with Crippen LogP contribution in [0.1, 0.15) is 31.2 Å². The van der Waals surface area contributed by atoms with E-state index in [9.17, 15) is 9.50 Å². The predicted molar refractivity (Wildman–Crippen MR) is 106 cm³/mol. The summed E-state index contributed by atoms with van der Waals surface area (Å²) < 4.78 is 27.3. The maximum atomic E-state index is 14.9. The number of anilines is 1. The Balaban J connectivity index is 1.79. The largest absolute Gasteiger partial charge is 0.497 e. The fourth-order valence-electron chi connectivity index (χ4n) is 4.25. The zero-order valence-electron chi connectivity index (χ0n) is 16.3. The molecule has 0 aromatic heterocycles. The van der Waals surface area contributed by atoms with Gasteiger partial charge in [0.05, 0.1) is 26.3 Å². The van der Waals surface area contributed by atoms with Crippen LogP contribution >= 0.6 is 0 Å². The van der Waals surface area contributed by atoms with E-state index in [1.165, 1.54) is 13.2 Å². The van der Waals surface area contributed by atoms with Gasteiger partial charge in [-0.1, -0.05) is 0 Å². The Morgan fingerprint density at radius 1 is 1.00 bits per heavy atom. The average Bonchev–Trinajstić information content (AvgIpc) is 2.87. The lowest BCUT2D eigenvalue weighted by Gasteiger charge is -2.24. The molecule has 2 heterocycles. The molecule has 0 fully saturated rings. The number of nitrogens with zero attached hydrogens (tertiary/aromatic N) is 2. The zero-order valence-corrected chi connectivity index (χ0v) is 16.3. The van der Waals surface area contributed by atoms with Gasteiger partial charge < -0.3 is 14.6 Å². The SMILES string of the molecule is COc1ccc(N2CC(O)(c3ccc(OC)cc3F)[N+]3=C2CCCCC3)cc1. The molecule has 1 unspecified atom stereocenters. The van der Waals surface area contributed by atoms with Crippen LogP contribution in [-0.2, 0) is 5.72 Å². The fraction of sp³-hybridized carbons (Fsp3) is 0.409. The summed E-state index contributed by atoms with van der Waals surface area (Å²) in [7, 11) is 3.14. The summed E-state index contributed by atoms with van der Waals surface area (Å²) in [5.41, 5.74) is -0.174. The van der Waals surface area contributed by atoms with Gasteiger partial charge >= 0.3 is 0 Å². The minimum absolute atomic E-state index is 0.276. The van der Waals surface area contributed by atoms with Crippen molar-refractivity contribution in [2.24, 2.45) is 0 Å². The molecule has 0 saturated carbocycles. The van der Waals surface area contributed by atoms with E-state index in [-0.39, 0.29) is 12.1 Å². The molecule has 0 bridgehead atoms. The summed E-state index contributed by atoms with van der Waals surface area (Å²) in [6, 6.07) is 12.4. The number of aliphatic hydroxyl groups is 1. The maximum Gasteiger partial charge on any atom is 0.273 e. The van der Waals surface area contributed by atoms with Gasteiger partial charge in [0.1, 0.15) is 23.0 Å². The molecule has 148 valence electrons. The molecule has 1 atom stereocenters. The molecule has 2 aliphatic rings. The molecule has 0 amide bonds. The van der Waals surface area contributed by atoms with E-state index in [4.69, 9.17) is 9.47 Å². The summed E-state index contributed by atoms with van der Waals surface area (Å²) in [4.78, 5) is 2.11. The van der Waals surface area contributed by atoms with Crippen LogP contribution in [0.2, 0.25) is 0 Å². The molecule has 1 N–H and O–H groups in total. The molecule has 6 heteroatoms. The molecule has 0 radical (unpaired) electrons. The second kappa shape index (κ2) is 7.43. The molecular formula is C22H26FN2O3+. The van der Waals surface area contributed by atoms with Crippen molar-refractivity contribution >= 4 is 11.5 Å². The second-order valence-corrected chi connectivity index (χ2v) is 7.33. The van der Waals surface area contributed by atoms with E-state index in [1.54, 1.807) is 19.2 Å². The third-order valence-corrected chi connectivity index (χ3v) is 5.72. The average molecular weight is 385 g/mol. The maximum absolute atomic E-state index is 14.9. The first-order valence-corrected chi connectivity index (χ1v) is 9.68. The van der Waals surface area contributed by atoms with Crippen molar-refractivity contribution in [2.45, 2.75) is 31.4 Å². The number of methoxy groups -OCH3 is 2. The topological polar surface area (TPSA) is 44.9 Å². The number of ether oxygens (including phenoxy) is 2. The summed E-state index contributed by atoms with van der Waals surface area (Å²) in [6.45, 7) is 0.974. The smallest absolute Gasteiger partial charge is 0.273 e. The van der Waals surface area contributed by atoms with Gasteiger partial charge in [-0.2, -0.15) is 0 Å². The Morgan fingerprint density at radius 3 is 2.39 bits per heavy atom. The number of hydrogen-bond acceptors (Lipinski definition) is 4. The van der Waals surface area contributed by atoms with Gasteiger partial charge in [0.15, 0.2) is 6.54 Å². The minimum Gasteiger partial charge on any atom is -0.497 e. The van der Waals surface area contributed by atoms with E-state index in [2.05, 4.69) is 4.90 Å². The van der Waals surface area contributed by atoms with Gasteiger partial charge in [-0.05, 0) is 55.7 Å². The molecule has 2 aliphatic heterocycles. The quantitative estimate of drug-likeness (QED) is 0.819. The predicted octanol–water partition coefficient (Wildman–Crippen LogP) is 3.49. The summed E-state index contributed by atoms with van der Waals surface area (Å²) in [5, 5.41) is 11.7. The highest BCUT2D eigenvalue weighted by Crippen LogP contribution is 2.37. The second-order valence-electron chi connectivity index (χ2n) is 7.33. The van der Waals surface area contributed by atoms with Gasteiger partial charge in [0.25, 0.3) is 11.6 Å². The van der Waals surface area contributed by atoms with Gasteiger partial charge in [-0.3, -0.25) is 0 Å². The molecule has 0 spiro atoms. The Bertz CT molecular complexity index is 897. The van der Waals surface area contributed by atoms with E-state index in [0.29, 0.717) is 12.3 Å². The van der Waals surface area contributed by atoms with Crippen LogP contribution in [0.5, 0.6) is 11.5 Å². The molecule has 2 aromatic rings. The van der Waals surface area contributed by atoms with E-state index in [1.807, 2.05) is 28.8 Å². The lowest BCUT2D eigenvalue weighted by molar-refractivity contribution is -0.658. The highest BCUT2D eigenvalue weighted by atomic mass is 19.1. The molecular weight excluding hydrogens is 359 g/mol. The van der Waals surface area contributed by atoms with Gasteiger partial charge in [0, 0.05) is 12.5 Å². The number of rotatable bonds is 4. The third kappa shape index (κ3) is 3.11. The lowest BCUT2D eigenvalue weighted by Crippen LogP contribution is -2.41. The van der Waals surface area contributed by atoms with Gasteiger partial charge in [-0.25, -0.2) is 13.9 Å². The Hall–Kier alpha value is -2.60. The highest BCUT2D eigenvalue weighted by Gasteiger charge is 2.53. The van der Waals surface area contributed by atoms with Gasteiger partial charge in [-0.15, -0.1) is 0 Å². The highest BCUT2D eigenvalue weighted by molar-refractivity contribution is 5.96. The molecule has 28 heavy (non-hydrogen) atoms. The normalized spacial score (nSPS) is 22.1. The lowest BCUT2D eigenvalue weighted by atomic mass is 10.0. The van der Waals surface area contributed by atoms with Crippen LogP contribution in [0.3, 0.4) is 0 Å². The van der Waals surface area contributed by atoms with Crippen molar-refractivity contribution in [1.82, 2.24) is 0 Å². The number of hydrogen-bond donors (Lipinski definition) is 1. The van der Waals surface area contributed by atoms with Gasteiger partial charge in [0.2, 0.25) is 0 Å². The van der Waals surface area contributed by atoms with Crippen molar-refractivity contribution in [3.8, 4) is 11.5 Å². The molecule has 0 aliphatic carbocycles. The number of β-amino-alcohol motifs (C(OH)–C–C–N with tert-alkyl or cyclic N) is 1. The minimum atomic E-state index is -1.42. The summed E-state index contributed by atoms with van der Waals surface area (Å²) >= 11 is 0. The van der Waals surface area contributed by atoms with Crippen LogP contribution in [-0.4, -0.2) is 42.8 Å². The van der Waals surface area contributed by atoms with Crippen LogP contribution in [0.25, 0.3) is 0 Å². The first kappa shape index (κ1) is 18.7. The van der Waals surface area contributed by atoms with E-state index < -0.39 is 11.5 Å². The van der Waals surface area contributed by atoms with Crippen LogP contribution in [0.15, 0.2) is 42.5 Å². The van der Waals surface area contributed by atoms with Crippen LogP contribution in [0.4, 0.5) is 10.1 Å². The summed E-state index contributed by atoms with van der Waals surface area (Å²) in [6.07, 6.45) is 3.98. The molecule has 5 nitrogen and oxygen atoms in total. The first-order chi connectivity index (χ1) is 13.6. The number of halogens is 1. The standard InChI is InChI=1S/C22H26FN2O3/c1-27-17-9-7-16(8-10-17)24-15-22(26,25-13-5-3-4-6-21(24)25)19-12-11-18(28-2)14-20(19)23/h7-12,14,26H,3-6,13,15H2,1-2H3/q+1. The van der Waals surface area contributed by atoms with Crippen molar-refractivity contribution in [1.29, 1.82) is 0 Å². The molecule has 4 rings (SSSR count). The first-order valence-electron chi connectivity index (χ1n) is 9.68. The van der Waals surface area contributed by atoms with E-state index in [0.717, 1.165) is 43.0 Å². The summed E-state index contributed by atoms with van der Waals surface area (Å²) in [5.74, 6) is 1.81. The van der Waals surface area contributed by atoms with Crippen molar-refractivity contribution in [3.05, 3.63) is 53.8 Å². The Labute approximate surface area is 164 Å². The Morgan fingerprint density at radius 2 is 1.71 bits per heavy atom. The van der Waals surface area contributed by atoms with Crippen molar-refractivity contribution in [3.63, 3.8) is 0 Å².